The molecule has 1 fully saturated rings. The van der Waals surface area contributed by atoms with E-state index in [0.29, 0.717) is 5.75 Å². The van der Waals surface area contributed by atoms with Crippen LogP contribution in [0.4, 0.5) is 8.78 Å². The molecule has 1 aromatic carbocycles. The molecule has 0 aliphatic heterocycles. The Balaban J connectivity index is 2.15. The van der Waals surface area contributed by atoms with Crippen LogP contribution in [-0.2, 0) is 9.53 Å². The Kier molecular flexibility index (Phi) is 5.82. The molecule has 1 aromatic rings. The van der Waals surface area contributed by atoms with Gasteiger partial charge in [-0.25, -0.2) is 9.59 Å². The SMILES string of the molecule is CC(C)C(C)(OC(=O)c1ccc(OC2(C)CCCC2)cc1)C(F)(F)C(=O)O. The third-order valence-corrected chi connectivity index (χ3v) is 5.41. The van der Waals surface area contributed by atoms with Gasteiger partial charge in [0.2, 0.25) is 0 Å². The summed E-state index contributed by atoms with van der Waals surface area (Å²) in [7, 11) is 0. The molecule has 1 atom stereocenters. The fourth-order valence-corrected chi connectivity index (χ4v) is 3.18. The summed E-state index contributed by atoms with van der Waals surface area (Å²) in [6, 6.07) is 6.02. The molecule has 0 saturated heterocycles. The van der Waals surface area contributed by atoms with E-state index in [4.69, 9.17) is 14.6 Å². The zero-order valence-corrected chi connectivity index (χ0v) is 16.1. The topological polar surface area (TPSA) is 72.8 Å². The molecule has 1 aliphatic carbocycles. The van der Waals surface area contributed by atoms with Crippen LogP contribution in [-0.4, -0.2) is 34.2 Å². The Morgan fingerprint density at radius 2 is 1.67 bits per heavy atom. The molecule has 0 amide bonds. The number of carbonyl (C=O) groups excluding carboxylic acids is 1. The third-order valence-electron chi connectivity index (χ3n) is 5.41. The maximum atomic E-state index is 14.2. The molecule has 5 nitrogen and oxygen atoms in total. The molecular formula is C20H26F2O5. The minimum Gasteiger partial charge on any atom is -0.488 e. The number of aliphatic carboxylic acids is 1. The summed E-state index contributed by atoms with van der Waals surface area (Å²) in [5, 5.41) is 8.85. The number of esters is 1. The predicted octanol–water partition coefficient (Wildman–Crippen LogP) is 4.69. The summed E-state index contributed by atoms with van der Waals surface area (Å²) in [6.45, 7) is 5.72. The van der Waals surface area contributed by atoms with Crippen molar-refractivity contribution in [1.29, 1.82) is 0 Å². The number of carboxylic acid groups (broad SMARTS) is 1. The number of ether oxygens (including phenoxy) is 2. The zero-order valence-electron chi connectivity index (χ0n) is 16.1. The van der Waals surface area contributed by atoms with Crippen molar-refractivity contribution in [2.24, 2.45) is 5.92 Å². The van der Waals surface area contributed by atoms with Crippen LogP contribution >= 0.6 is 0 Å². The van der Waals surface area contributed by atoms with E-state index >= 15 is 0 Å². The van der Waals surface area contributed by atoms with Crippen molar-refractivity contribution in [1.82, 2.24) is 0 Å². The van der Waals surface area contributed by atoms with Crippen LogP contribution in [0.5, 0.6) is 5.75 Å². The maximum absolute atomic E-state index is 14.2. The van der Waals surface area contributed by atoms with E-state index in [1.165, 1.54) is 26.0 Å². The average Bonchev–Trinajstić information content (AvgIpc) is 3.00. The van der Waals surface area contributed by atoms with Gasteiger partial charge in [-0.05, 0) is 69.7 Å². The van der Waals surface area contributed by atoms with E-state index in [1.54, 1.807) is 12.1 Å². The van der Waals surface area contributed by atoms with Crippen molar-refractivity contribution in [3.8, 4) is 5.75 Å². The minimum absolute atomic E-state index is 0.0481. The van der Waals surface area contributed by atoms with Crippen molar-refractivity contribution in [2.75, 3.05) is 0 Å². The van der Waals surface area contributed by atoms with Crippen molar-refractivity contribution >= 4 is 11.9 Å². The van der Waals surface area contributed by atoms with E-state index in [1.807, 2.05) is 6.92 Å². The fourth-order valence-electron chi connectivity index (χ4n) is 3.18. The first-order valence-electron chi connectivity index (χ1n) is 9.05. The van der Waals surface area contributed by atoms with Crippen LogP contribution in [0.25, 0.3) is 0 Å². The number of rotatable bonds is 7. The van der Waals surface area contributed by atoms with E-state index in [0.717, 1.165) is 32.6 Å². The van der Waals surface area contributed by atoms with Gasteiger partial charge in [0, 0.05) is 0 Å². The molecule has 7 heteroatoms. The first-order valence-corrected chi connectivity index (χ1v) is 9.05. The van der Waals surface area contributed by atoms with Gasteiger partial charge in [-0.2, -0.15) is 8.78 Å². The molecule has 2 rings (SSSR count). The average molecular weight is 384 g/mol. The van der Waals surface area contributed by atoms with Crippen molar-refractivity contribution < 1.29 is 33.0 Å². The molecule has 27 heavy (non-hydrogen) atoms. The Morgan fingerprint density at radius 3 is 2.11 bits per heavy atom. The molecule has 0 spiro atoms. The molecule has 0 aromatic heterocycles. The second-order valence-corrected chi connectivity index (χ2v) is 7.81. The number of carbonyl (C=O) groups is 2. The van der Waals surface area contributed by atoms with E-state index in [-0.39, 0.29) is 11.2 Å². The molecule has 150 valence electrons. The molecule has 1 saturated carbocycles. The van der Waals surface area contributed by atoms with E-state index in [9.17, 15) is 18.4 Å². The van der Waals surface area contributed by atoms with Crippen LogP contribution in [0.2, 0.25) is 0 Å². The number of carboxylic acids is 1. The molecule has 0 radical (unpaired) electrons. The summed E-state index contributed by atoms with van der Waals surface area (Å²) in [6.07, 6.45) is 4.11. The molecule has 1 aliphatic rings. The van der Waals surface area contributed by atoms with Crippen molar-refractivity contribution in [3.63, 3.8) is 0 Å². The lowest BCUT2D eigenvalue weighted by Crippen LogP contribution is -2.57. The van der Waals surface area contributed by atoms with Gasteiger partial charge in [0.25, 0.3) is 0 Å². The van der Waals surface area contributed by atoms with Gasteiger partial charge in [-0.15, -0.1) is 0 Å². The van der Waals surface area contributed by atoms with Crippen LogP contribution in [0, 0.1) is 5.92 Å². The molecule has 1 N–H and O–H groups in total. The Bertz CT molecular complexity index is 693. The lowest BCUT2D eigenvalue weighted by molar-refractivity contribution is -0.214. The van der Waals surface area contributed by atoms with Gasteiger partial charge in [-0.3, -0.25) is 0 Å². The Hall–Kier alpha value is -2.18. The molecule has 0 bridgehead atoms. The summed E-state index contributed by atoms with van der Waals surface area (Å²) in [4.78, 5) is 23.3. The highest BCUT2D eigenvalue weighted by Gasteiger charge is 2.61. The van der Waals surface area contributed by atoms with Gasteiger partial charge in [0.15, 0.2) is 5.60 Å². The van der Waals surface area contributed by atoms with Gasteiger partial charge < -0.3 is 14.6 Å². The van der Waals surface area contributed by atoms with Crippen LogP contribution < -0.4 is 4.74 Å². The summed E-state index contributed by atoms with van der Waals surface area (Å²) in [5.41, 5.74) is -2.67. The summed E-state index contributed by atoms with van der Waals surface area (Å²) >= 11 is 0. The van der Waals surface area contributed by atoms with Crippen LogP contribution in [0.1, 0.15) is 63.7 Å². The van der Waals surface area contributed by atoms with Crippen LogP contribution in [0.3, 0.4) is 0 Å². The number of benzene rings is 1. The number of alkyl halides is 2. The largest absolute Gasteiger partial charge is 0.488 e. The van der Waals surface area contributed by atoms with Crippen LogP contribution in [0.15, 0.2) is 24.3 Å². The van der Waals surface area contributed by atoms with Gasteiger partial charge in [0.1, 0.15) is 11.4 Å². The fraction of sp³-hybridized carbons (Fsp3) is 0.600. The summed E-state index contributed by atoms with van der Waals surface area (Å²) < 4.78 is 39.3. The molecule has 0 heterocycles. The number of halogens is 2. The highest BCUT2D eigenvalue weighted by molar-refractivity contribution is 5.90. The summed E-state index contributed by atoms with van der Waals surface area (Å²) in [5.74, 6) is -7.90. The number of hydrogen-bond acceptors (Lipinski definition) is 4. The highest BCUT2D eigenvalue weighted by atomic mass is 19.3. The normalized spacial score (nSPS) is 18.8. The predicted molar refractivity (Wildman–Crippen MR) is 95.2 cm³/mol. The second kappa shape index (κ2) is 7.44. The Morgan fingerprint density at radius 1 is 1.15 bits per heavy atom. The third kappa shape index (κ3) is 4.22. The zero-order chi connectivity index (χ0) is 20.5. The smallest absolute Gasteiger partial charge is 0.381 e. The van der Waals surface area contributed by atoms with E-state index < -0.39 is 29.4 Å². The van der Waals surface area contributed by atoms with Gasteiger partial charge in [0.05, 0.1) is 5.56 Å². The molecule has 1 unspecified atom stereocenters. The molecular weight excluding hydrogens is 358 g/mol. The van der Waals surface area contributed by atoms with E-state index in [2.05, 4.69) is 0 Å². The lowest BCUT2D eigenvalue weighted by atomic mass is 9.85. The van der Waals surface area contributed by atoms with Crippen molar-refractivity contribution in [2.45, 2.75) is 70.5 Å². The first-order chi connectivity index (χ1) is 12.4. The second-order valence-electron chi connectivity index (χ2n) is 7.81. The first kappa shape index (κ1) is 21.1. The monoisotopic (exact) mass is 384 g/mol. The minimum atomic E-state index is -4.23. The number of hydrogen-bond donors (Lipinski definition) is 1. The Labute approximate surface area is 157 Å². The standard InChI is InChI=1S/C20H26F2O5/c1-13(2)19(4,20(21,22)17(24)25)27-16(23)14-7-9-15(10-8-14)26-18(3)11-5-6-12-18/h7-10,13H,5-6,11-12H2,1-4H3,(H,24,25). The van der Waals surface area contributed by atoms with Crippen molar-refractivity contribution in [3.05, 3.63) is 29.8 Å². The van der Waals surface area contributed by atoms with Gasteiger partial charge >= 0.3 is 17.9 Å². The maximum Gasteiger partial charge on any atom is 0.381 e. The van der Waals surface area contributed by atoms with Gasteiger partial charge in [-0.1, -0.05) is 13.8 Å². The quantitative estimate of drug-likeness (QED) is 0.691. The highest BCUT2D eigenvalue weighted by Crippen LogP contribution is 2.39. The lowest BCUT2D eigenvalue weighted by Gasteiger charge is -2.37.